The second kappa shape index (κ2) is 2.85. The van der Waals surface area contributed by atoms with Crippen LogP contribution in [-0.4, -0.2) is 11.1 Å². The molecule has 1 N–H and O–H groups in total. The highest BCUT2D eigenvalue weighted by Gasteiger charge is 2.60. The van der Waals surface area contributed by atoms with Crippen molar-refractivity contribution >= 4 is 21.9 Å². The van der Waals surface area contributed by atoms with E-state index in [0.717, 1.165) is 10.9 Å². The van der Waals surface area contributed by atoms with Gasteiger partial charge in [0.15, 0.2) is 0 Å². The summed E-state index contributed by atoms with van der Waals surface area (Å²) in [6, 6.07) is 4.21. The van der Waals surface area contributed by atoms with Crippen LogP contribution in [0.25, 0.3) is 0 Å². The Hall–Kier alpha value is -0.830. The second-order valence-corrected chi connectivity index (χ2v) is 5.47. The van der Waals surface area contributed by atoms with Gasteiger partial charge in [-0.15, -0.1) is 0 Å². The van der Waals surface area contributed by atoms with Crippen molar-refractivity contribution in [3.63, 3.8) is 0 Å². The highest BCUT2D eigenvalue weighted by molar-refractivity contribution is 9.10. The van der Waals surface area contributed by atoms with Crippen LogP contribution in [0.2, 0.25) is 0 Å². The summed E-state index contributed by atoms with van der Waals surface area (Å²) < 4.78 is 1.10. The molecule has 2 aliphatic carbocycles. The Morgan fingerprint density at radius 1 is 1.53 bits per heavy atom. The molecule has 0 aliphatic heterocycles. The SMILES string of the molecule is Cc1cc(Br)cc2c1C1C(C2)C1C(=O)O. The summed E-state index contributed by atoms with van der Waals surface area (Å²) in [5.74, 6) is -0.0774. The molecule has 15 heavy (non-hydrogen) atoms. The molecule has 3 heteroatoms. The van der Waals surface area contributed by atoms with Crippen molar-refractivity contribution in [2.75, 3.05) is 0 Å². The van der Waals surface area contributed by atoms with Gasteiger partial charge in [-0.05, 0) is 48.1 Å². The van der Waals surface area contributed by atoms with Gasteiger partial charge in [0.05, 0.1) is 5.92 Å². The Labute approximate surface area is 96.4 Å². The molecular formula is C12H11BrO2. The Bertz CT molecular complexity index is 467. The van der Waals surface area contributed by atoms with Gasteiger partial charge in [-0.25, -0.2) is 0 Å². The Kier molecular flexibility index (Phi) is 1.78. The molecule has 78 valence electrons. The summed E-state index contributed by atoms with van der Waals surface area (Å²) in [6.07, 6.45) is 0.942. The molecule has 3 atom stereocenters. The van der Waals surface area contributed by atoms with Crippen LogP contribution in [0.15, 0.2) is 16.6 Å². The predicted molar refractivity (Wildman–Crippen MR) is 59.9 cm³/mol. The van der Waals surface area contributed by atoms with Crippen molar-refractivity contribution < 1.29 is 9.90 Å². The van der Waals surface area contributed by atoms with Gasteiger partial charge in [-0.3, -0.25) is 4.79 Å². The largest absolute Gasteiger partial charge is 0.481 e. The average molecular weight is 267 g/mol. The maximum absolute atomic E-state index is 11.0. The number of fused-ring (bicyclic) bond motifs is 3. The number of rotatable bonds is 1. The lowest BCUT2D eigenvalue weighted by Gasteiger charge is -2.09. The first-order chi connectivity index (χ1) is 7.09. The maximum atomic E-state index is 11.0. The molecule has 0 aromatic heterocycles. The zero-order valence-corrected chi connectivity index (χ0v) is 9.91. The fourth-order valence-corrected chi connectivity index (χ4v) is 3.70. The van der Waals surface area contributed by atoms with E-state index < -0.39 is 5.97 Å². The van der Waals surface area contributed by atoms with Gasteiger partial charge in [-0.1, -0.05) is 15.9 Å². The first-order valence-corrected chi connectivity index (χ1v) is 5.90. The number of carboxylic acid groups (broad SMARTS) is 1. The Morgan fingerprint density at radius 3 is 2.93 bits per heavy atom. The maximum Gasteiger partial charge on any atom is 0.307 e. The Balaban J connectivity index is 2.06. The molecular weight excluding hydrogens is 256 g/mol. The first-order valence-electron chi connectivity index (χ1n) is 5.11. The third-order valence-corrected chi connectivity index (χ3v) is 4.14. The van der Waals surface area contributed by atoms with E-state index in [9.17, 15) is 4.79 Å². The number of halogens is 1. The molecule has 3 unspecified atom stereocenters. The monoisotopic (exact) mass is 266 g/mol. The minimum absolute atomic E-state index is 0.114. The Morgan fingerprint density at radius 2 is 2.27 bits per heavy atom. The van der Waals surface area contributed by atoms with E-state index in [2.05, 4.69) is 35.0 Å². The lowest BCUT2D eigenvalue weighted by molar-refractivity contribution is -0.139. The number of benzene rings is 1. The molecule has 1 aromatic carbocycles. The van der Waals surface area contributed by atoms with Crippen LogP contribution in [0.1, 0.15) is 22.6 Å². The predicted octanol–water partition coefficient (Wildman–Crippen LogP) is 2.73. The summed E-state index contributed by atoms with van der Waals surface area (Å²) >= 11 is 3.48. The van der Waals surface area contributed by atoms with Crippen LogP contribution >= 0.6 is 15.9 Å². The van der Waals surface area contributed by atoms with E-state index in [1.165, 1.54) is 16.7 Å². The summed E-state index contributed by atoms with van der Waals surface area (Å²) in [5, 5.41) is 9.02. The molecule has 0 radical (unpaired) electrons. The number of carboxylic acids is 1. The fraction of sp³-hybridized carbons (Fsp3) is 0.417. The van der Waals surface area contributed by atoms with Crippen molar-refractivity contribution in [2.45, 2.75) is 19.3 Å². The van der Waals surface area contributed by atoms with Crippen molar-refractivity contribution in [3.05, 3.63) is 33.3 Å². The van der Waals surface area contributed by atoms with Gasteiger partial charge < -0.3 is 5.11 Å². The quantitative estimate of drug-likeness (QED) is 0.849. The molecule has 0 saturated heterocycles. The lowest BCUT2D eigenvalue weighted by atomic mass is 9.98. The standard InChI is InChI=1S/C12H11BrO2/c1-5-2-7(13)3-6-4-8-10(9(5)6)11(8)12(14)15/h2-3,8,10-11H,4H2,1H3,(H,14,15). The molecule has 0 spiro atoms. The fourth-order valence-electron chi connectivity index (χ4n) is 3.08. The van der Waals surface area contributed by atoms with Gasteiger partial charge in [0.2, 0.25) is 0 Å². The van der Waals surface area contributed by atoms with E-state index in [1.54, 1.807) is 0 Å². The zero-order chi connectivity index (χ0) is 10.7. The van der Waals surface area contributed by atoms with E-state index in [4.69, 9.17) is 5.11 Å². The molecule has 0 amide bonds. The highest BCUT2D eigenvalue weighted by Crippen LogP contribution is 2.62. The number of aliphatic carboxylic acids is 1. The van der Waals surface area contributed by atoms with Crippen LogP contribution in [0.5, 0.6) is 0 Å². The number of hydrogen-bond acceptors (Lipinski definition) is 1. The summed E-state index contributed by atoms with van der Waals surface area (Å²) in [6.45, 7) is 2.07. The van der Waals surface area contributed by atoms with Gasteiger partial charge in [-0.2, -0.15) is 0 Å². The van der Waals surface area contributed by atoms with Crippen LogP contribution in [0.3, 0.4) is 0 Å². The van der Waals surface area contributed by atoms with Crippen LogP contribution in [0.4, 0.5) is 0 Å². The average Bonchev–Trinajstić information content (AvgIpc) is 2.67. The van der Waals surface area contributed by atoms with Crippen molar-refractivity contribution in [1.82, 2.24) is 0 Å². The summed E-state index contributed by atoms with van der Waals surface area (Å²) in [7, 11) is 0. The third-order valence-electron chi connectivity index (χ3n) is 3.68. The first kappa shape index (κ1) is 9.40. The van der Waals surface area contributed by atoms with Crippen molar-refractivity contribution in [3.8, 4) is 0 Å². The summed E-state index contributed by atoms with van der Waals surface area (Å²) in [5.41, 5.74) is 3.88. The molecule has 1 fully saturated rings. The minimum Gasteiger partial charge on any atom is -0.481 e. The topological polar surface area (TPSA) is 37.3 Å². The minimum atomic E-state index is -0.627. The second-order valence-electron chi connectivity index (χ2n) is 4.55. The van der Waals surface area contributed by atoms with Crippen molar-refractivity contribution in [2.24, 2.45) is 11.8 Å². The summed E-state index contributed by atoms with van der Waals surface area (Å²) in [4.78, 5) is 11.0. The smallest absolute Gasteiger partial charge is 0.307 e. The van der Waals surface area contributed by atoms with Crippen LogP contribution in [0, 0.1) is 18.8 Å². The van der Waals surface area contributed by atoms with Gasteiger partial charge in [0.25, 0.3) is 0 Å². The van der Waals surface area contributed by atoms with Gasteiger partial charge >= 0.3 is 5.97 Å². The number of carbonyl (C=O) groups is 1. The van der Waals surface area contributed by atoms with E-state index in [-0.39, 0.29) is 5.92 Å². The van der Waals surface area contributed by atoms with Crippen LogP contribution < -0.4 is 0 Å². The van der Waals surface area contributed by atoms with Gasteiger partial charge in [0.1, 0.15) is 0 Å². The molecule has 0 bridgehead atoms. The van der Waals surface area contributed by atoms with E-state index in [0.29, 0.717) is 11.8 Å². The normalized spacial score (nSPS) is 30.9. The number of aryl methyl sites for hydroxylation is 1. The molecule has 1 saturated carbocycles. The van der Waals surface area contributed by atoms with Gasteiger partial charge in [0, 0.05) is 10.4 Å². The molecule has 1 aromatic rings. The highest BCUT2D eigenvalue weighted by atomic mass is 79.9. The van der Waals surface area contributed by atoms with E-state index >= 15 is 0 Å². The molecule has 2 aliphatic rings. The molecule has 2 nitrogen and oxygen atoms in total. The van der Waals surface area contributed by atoms with E-state index in [1.807, 2.05) is 0 Å². The zero-order valence-electron chi connectivity index (χ0n) is 8.33. The van der Waals surface area contributed by atoms with Crippen LogP contribution in [-0.2, 0) is 11.2 Å². The number of hydrogen-bond donors (Lipinski definition) is 1. The molecule has 0 heterocycles. The lowest BCUT2D eigenvalue weighted by Crippen LogP contribution is -2.05. The third kappa shape index (κ3) is 1.19. The molecule has 3 rings (SSSR count). The van der Waals surface area contributed by atoms with Crippen molar-refractivity contribution in [1.29, 1.82) is 0 Å².